The summed E-state index contributed by atoms with van der Waals surface area (Å²) in [6.45, 7) is 2.53. The number of hydrogen-bond donors (Lipinski definition) is 1. The van der Waals surface area contributed by atoms with Gasteiger partial charge < -0.3 is 19.5 Å². The Balaban J connectivity index is 1.38. The SMILES string of the molecule is COc1ccc(N2CCn3c(nc4cc(NC(=O)c5ccccc5)ccc43)C2)cc1. The average molecular weight is 398 g/mol. The second kappa shape index (κ2) is 7.55. The molecule has 0 atom stereocenters. The second-order valence-corrected chi connectivity index (χ2v) is 7.32. The summed E-state index contributed by atoms with van der Waals surface area (Å²) in [6, 6.07) is 23.3. The van der Waals surface area contributed by atoms with Gasteiger partial charge in [0.1, 0.15) is 11.6 Å². The lowest BCUT2D eigenvalue weighted by atomic mass is 10.2. The van der Waals surface area contributed by atoms with Gasteiger partial charge in [0.2, 0.25) is 0 Å². The minimum Gasteiger partial charge on any atom is -0.497 e. The molecule has 0 radical (unpaired) electrons. The van der Waals surface area contributed by atoms with E-state index in [0.717, 1.165) is 53.6 Å². The summed E-state index contributed by atoms with van der Waals surface area (Å²) in [5.74, 6) is 1.76. The van der Waals surface area contributed by atoms with Crippen LogP contribution in [0.25, 0.3) is 11.0 Å². The zero-order chi connectivity index (χ0) is 20.5. The van der Waals surface area contributed by atoms with Crippen LogP contribution < -0.4 is 15.0 Å². The number of anilines is 2. The second-order valence-electron chi connectivity index (χ2n) is 7.32. The Hall–Kier alpha value is -3.80. The van der Waals surface area contributed by atoms with Crippen molar-refractivity contribution in [1.82, 2.24) is 9.55 Å². The van der Waals surface area contributed by atoms with Crippen LogP contribution in [0.15, 0.2) is 72.8 Å². The molecule has 6 nitrogen and oxygen atoms in total. The summed E-state index contributed by atoms with van der Waals surface area (Å²) >= 11 is 0. The first-order valence-corrected chi connectivity index (χ1v) is 9.96. The van der Waals surface area contributed by atoms with E-state index in [9.17, 15) is 4.79 Å². The van der Waals surface area contributed by atoms with E-state index in [2.05, 4.69) is 26.9 Å². The molecular weight excluding hydrogens is 376 g/mol. The van der Waals surface area contributed by atoms with Crippen LogP contribution in [0.3, 0.4) is 0 Å². The molecular formula is C24H22N4O2. The zero-order valence-electron chi connectivity index (χ0n) is 16.7. The number of rotatable bonds is 4. The Morgan fingerprint density at radius 1 is 1.00 bits per heavy atom. The molecule has 6 heteroatoms. The van der Waals surface area contributed by atoms with Crippen LogP contribution in [-0.4, -0.2) is 29.1 Å². The van der Waals surface area contributed by atoms with Crippen molar-refractivity contribution in [2.75, 3.05) is 23.9 Å². The van der Waals surface area contributed by atoms with Crippen LogP contribution in [-0.2, 0) is 13.1 Å². The zero-order valence-corrected chi connectivity index (χ0v) is 16.7. The van der Waals surface area contributed by atoms with Crippen molar-refractivity contribution in [1.29, 1.82) is 0 Å². The third-order valence-electron chi connectivity index (χ3n) is 5.48. The van der Waals surface area contributed by atoms with E-state index in [1.807, 2.05) is 48.5 Å². The van der Waals surface area contributed by atoms with E-state index in [0.29, 0.717) is 5.56 Å². The first kappa shape index (κ1) is 18.2. The van der Waals surface area contributed by atoms with Crippen LogP contribution >= 0.6 is 0 Å². The molecule has 0 bridgehead atoms. The smallest absolute Gasteiger partial charge is 0.255 e. The summed E-state index contributed by atoms with van der Waals surface area (Å²) in [5, 5.41) is 2.97. The third kappa shape index (κ3) is 3.37. The van der Waals surface area contributed by atoms with Crippen molar-refractivity contribution >= 4 is 28.3 Å². The highest BCUT2D eigenvalue weighted by Crippen LogP contribution is 2.27. The van der Waals surface area contributed by atoms with Crippen LogP contribution in [0.5, 0.6) is 5.75 Å². The molecule has 0 fully saturated rings. The van der Waals surface area contributed by atoms with Gasteiger partial charge in [-0.15, -0.1) is 0 Å². The van der Waals surface area contributed by atoms with Crippen molar-refractivity contribution in [2.24, 2.45) is 0 Å². The van der Waals surface area contributed by atoms with E-state index < -0.39 is 0 Å². The number of hydrogen-bond acceptors (Lipinski definition) is 4. The van der Waals surface area contributed by atoms with Gasteiger partial charge in [-0.3, -0.25) is 4.79 Å². The Labute approximate surface area is 174 Å². The third-order valence-corrected chi connectivity index (χ3v) is 5.48. The van der Waals surface area contributed by atoms with E-state index in [-0.39, 0.29) is 5.91 Å². The topological polar surface area (TPSA) is 59.4 Å². The highest BCUT2D eigenvalue weighted by molar-refractivity contribution is 6.04. The van der Waals surface area contributed by atoms with E-state index in [1.165, 1.54) is 0 Å². The Bertz CT molecular complexity index is 1200. The molecule has 2 heterocycles. The molecule has 0 aliphatic carbocycles. The van der Waals surface area contributed by atoms with Crippen LogP contribution in [0.1, 0.15) is 16.2 Å². The predicted molar refractivity (Wildman–Crippen MR) is 118 cm³/mol. The molecule has 150 valence electrons. The highest BCUT2D eigenvalue weighted by atomic mass is 16.5. The van der Waals surface area contributed by atoms with Gasteiger partial charge in [-0.1, -0.05) is 18.2 Å². The molecule has 1 aliphatic rings. The predicted octanol–water partition coefficient (Wildman–Crippen LogP) is 4.32. The maximum atomic E-state index is 12.4. The number of ether oxygens (including phenoxy) is 1. The van der Waals surface area contributed by atoms with Crippen molar-refractivity contribution in [3.05, 3.63) is 84.2 Å². The lowest BCUT2D eigenvalue weighted by Gasteiger charge is -2.30. The molecule has 30 heavy (non-hydrogen) atoms. The number of nitrogens with zero attached hydrogens (tertiary/aromatic N) is 3. The summed E-state index contributed by atoms with van der Waals surface area (Å²) in [5.41, 5.74) is 4.53. The highest BCUT2D eigenvalue weighted by Gasteiger charge is 2.20. The number of carbonyl (C=O) groups is 1. The van der Waals surface area contributed by atoms with Gasteiger partial charge in [-0.25, -0.2) is 4.98 Å². The minimum atomic E-state index is -0.121. The van der Waals surface area contributed by atoms with Gasteiger partial charge in [0.15, 0.2) is 0 Å². The molecule has 1 aliphatic heterocycles. The number of carbonyl (C=O) groups excluding carboxylic acids is 1. The average Bonchev–Trinajstić information content (AvgIpc) is 3.16. The van der Waals surface area contributed by atoms with Gasteiger partial charge in [0.05, 0.1) is 24.7 Å². The van der Waals surface area contributed by atoms with E-state index in [1.54, 1.807) is 19.2 Å². The maximum Gasteiger partial charge on any atom is 0.255 e. The van der Waals surface area contributed by atoms with Gasteiger partial charge in [0.25, 0.3) is 5.91 Å². The van der Waals surface area contributed by atoms with Crippen molar-refractivity contribution < 1.29 is 9.53 Å². The summed E-state index contributed by atoms with van der Waals surface area (Å²) in [4.78, 5) is 19.6. The summed E-state index contributed by atoms with van der Waals surface area (Å²) in [6.07, 6.45) is 0. The van der Waals surface area contributed by atoms with Crippen molar-refractivity contribution in [3.63, 3.8) is 0 Å². The van der Waals surface area contributed by atoms with Gasteiger partial charge >= 0.3 is 0 Å². The Kier molecular flexibility index (Phi) is 4.59. The van der Waals surface area contributed by atoms with Crippen LogP contribution in [0, 0.1) is 0 Å². The molecule has 1 amide bonds. The lowest BCUT2D eigenvalue weighted by Crippen LogP contribution is -2.33. The van der Waals surface area contributed by atoms with E-state index in [4.69, 9.17) is 9.72 Å². The molecule has 4 aromatic rings. The van der Waals surface area contributed by atoms with Gasteiger partial charge in [-0.2, -0.15) is 0 Å². The van der Waals surface area contributed by atoms with Crippen LogP contribution in [0.2, 0.25) is 0 Å². The minimum absolute atomic E-state index is 0.121. The summed E-state index contributed by atoms with van der Waals surface area (Å²) in [7, 11) is 1.68. The van der Waals surface area contributed by atoms with Gasteiger partial charge in [0, 0.05) is 30.0 Å². The largest absolute Gasteiger partial charge is 0.497 e. The molecule has 1 aromatic heterocycles. The number of aromatic nitrogens is 2. The first-order chi connectivity index (χ1) is 14.7. The molecule has 0 saturated carbocycles. The fraction of sp³-hybridized carbons (Fsp3) is 0.167. The number of methoxy groups -OCH3 is 1. The Morgan fingerprint density at radius 3 is 2.57 bits per heavy atom. The maximum absolute atomic E-state index is 12.4. The lowest BCUT2D eigenvalue weighted by molar-refractivity contribution is 0.102. The number of imidazole rings is 1. The molecule has 3 aromatic carbocycles. The monoisotopic (exact) mass is 398 g/mol. The standard InChI is InChI=1S/C24H22N4O2/c1-30-20-10-8-19(9-11-20)27-13-14-28-22-12-7-18(15-21(22)26-23(28)16-27)25-24(29)17-5-3-2-4-6-17/h2-12,15H,13-14,16H2,1H3,(H,25,29). The molecule has 0 unspecified atom stereocenters. The first-order valence-electron chi connectivity index (χ1n) is 9.96. The van der Waals surface area contributed by atoms with Crippen molar-refractivity contribution in [2.45, 2.75) is 13.1 Å². The molecule has 5 rings (SSSR count). The number of fused-ring (bicyclic) bond motifs is 3. The molecule has 0 spiro atoms. The number of amides is 1. The Morgan fingerprint density at radius 2 is 1.80 bits per heavy atom. The van der Waals surface area contributed by atoms with E-state index >= 15 is 0 Å². The fourth-order valence-electron chi connectivity index (χ4n) is 3.90. The van der Waals surface area contributed by atoms with Gasteiger partial charge in [-0.05, 0) is 54.6 Å². The quantitative estimate of drug-likeness (QED) is 0.556. The number of benzene rings is 3. The fourth-order valence-corrected chi connectivity index (χ4v) is 3.90. The van der Waals surface area contributed by atoms with Crippen LogP contribution in [0.4, 0.5) is 11.4 Å². The molecule has 1 N–H and O–H groups in total. The van der Waals surface area contributed by atoms with Crippen molar-refractivity contribution in [3.8, 4) is 5.75 Å². The molecule has 0 saturated heterocycles. The number of nitrogens with one attached hydrogen (secondary N) is 1. The normalized spacial score (nSPS) is 13.2. The summed E-state index contributed by atoms with van der Waals surface area (Å²) < 4.78 is 7.52.